The Balaban J connectivity index is 3.19. The van der Waals surface area contributed by atoms with Crippen molar-refractivity contribution in [2.24, 2.45) is 0 Å². The van der Waals surface area contributed by atoms with Crippen molar-refractivity contribution >= 4 is 39.6 Å². The number of hydrogen-bond donors (Lipinski definition) is 1. The van der Waals surface area contributed by atoms with Gasteiger partial charge in [-0.15, -0.1) is 0 Å². The standard InChI is InChI=1S/C9H5BrClFO2/c10-6-2-3-7(12)9(11)5(6)1-4-8(13)14/h1-4H,(H,13,14)/b4-1+. The third kappa shape index (κ3) is 2.56. The highest BCUT2D eigenvalue weighted by Crippen LogP contribution is 2.28. The van der Waals surface area contributed by atoms with Crippen LogP contribution in [0.15, 0.2) is 22.7 Å². The number of rotatable bonds is 2. The average molecular weight is 279 g/mol. The Morgan fingerprint density at radius 2 is 2.21 bits per heavy atom. The molecule has 0 unspecified atom stereocenters. The minimum atomic E-state index is -1.11. The topological polar surface area (TPSA) is 37.3 Å². The number of halogens is 3. The van der Waals surface area contributed by atoms with E-state index in [1.165, 1.54) is 18.2 Å². The summed E-state index contributed by atoms with van der Waals surface area (Å²) in [5.41, 5.74) is 0.314. The normalized spacial score (nSPS) is 10.8. The minimum Gasteiger partial charge on any atom is -0.478 e. The number of carboxylic acid groups (broad SMARTS) is 1. The van der Waals surface area contributed by atoms with Crippen molar-refractivity contribution in [1.29, 1.82) is 0 Å². The molecule has 0 aliphatic heterocycles. The van der Waals surface area contributed by atoms with Crippen LogP contribution in [0.3, 0.4) is 0 Å². The minimum absolute atomic E-state index is 0.100. The monoisotopic (exact) mass is 278 g/mol. The smallest absolute Gasteiger partial charge is 0.328 e. The van der Waals surface area contributed by atoms with Crippen molar-refractivity contribution in [3.05, 3.63) is 39.1 Å². The van der Waals surface area contributed by atoms with Crippen LogP contribution in [0, 0.1) is 5.82 Å². The highest BCUT2D eigenvalue weighted by atomic mass is 79.9. The maximum absolute atomic E-state index is 12.9. The lowest BCUT2D eigenvalue weighted by atomic mass is 10.2. The fourth-order valence-electron chi connectivity index (χ4n) is 0.850. The molecule has 1 N–H and O–H groups in total. The summed E-state index contributed by atoms with van der Waals surface area (Å²) in [5.74, 6) is -1.70. The van der Waals surface area contributed by atoms with Crippen molar-refractivity contribution in [3.63, 3.8) is 0 Å². The summed E-state index contributed by atoms with van der Waals surface area (Å²) in [5, 5.41) is 8.29. The van der Waals surface area contributed by atoms with E-state index in [-0.39, 0.29) is 5.02 Å². The molecule has 0 spiro atoms. The molecule has 0 bridgehead atoms. The average Bonchev–Trinajstić information content (AvgIpc) is 2.11. The lowest BCUT2D eigenvalue weighted by Gasteiger charge is -2.01. The summed E-state index contributed by atoms with van der Waals surface area (Å²) in [4.78, 5) is 10.2. The number of benzene rings is 1. The van der Waals surface area contributed by atoms with Crippen LogP contribution in [0.4, 0.5) is 4.39 Å². The molecule has 0 radical (unpaired) electrons. The molecule has 0 aromatic heterocycles. The number of hydrogen-bond acceptors (Lipinski definition) is 1. The molecule has 0 heterocycles. The van der Waals surface area contributed by atoms with Gasteiger partial charge in [-0.3, -0.25) is 0 Å². The molecule has 74 valence electrons. The molecule has 0 aliphatic rings. The van der Waals surface area contributed by atoms with E-state index < -0.39 is 11.8 Å². The van der Waals surface area contributed by atoms with E-state index in [9.17, 15) is 9.18 Å². The SMILES string of the molecule is O=C(O)/C=C/c1c(Br)ccc(F)c1Cl. The molecular formula is C9H5BrClFO2. The van der Waals surface area contributed by atoms with Crippen LogP contribution < -0.4 is 0 Å². The summed E-state index contributed by atoms with van der Waals surface area (Å²) < 4.78 is 13.5. The van der Waals surface area contributed by atoms with E-state index in [2.05, 4.69) is 15.9 Å². The summed E-state index contributed by atoms with van der Waals surface area (Å²) in [6, 6.07) is 2.66. The van der Waals surface area contributed by atoms with Crippen molar-refractivity contribution in [2.75, 3.05) is 0 Å². The van der Waals surface area contributed by atoms with E-state index in [1.807, 2.05) is 0 Å². The summed E-state index contributed by atoms with van der Waals surface area (Å²) in [6.07, 6.45) is 2.13. The molecule has 2 nitrogen and oxygen atoms in total. The van der Waals surface area contributed by atoms with Crippen LogP contribution in [0.2, 0.25) is 5.02 Å². The molecule has 1 rings (SSSR count). The quantitative estimate of drug-likeness (QED) is 0.666. The highest BCUT2D eigenvalue weighted by molar-refractivity contribution is 9.10. The van der Waals surface area contributed by atoms with Crippen LogP contribution in [0.1, 0.15) is 5.56 Å². The first-order valence-corrected chi connectivity index (χ1v) is 4.74. The second-order valence-electron chi connectivity index (χ2n) is 2.43. The first kappa shape index (κ1) is 11.2. The molecule has 0 fully saturated rings. The van der Waals surface area contributed by atoms with Crippen LogP contribution in [0.25, 0.3) is 6.08 Å². The van der Waals surface area contributed by atoms with Crippen molar-refractivity contribution in [2.45, 2.75) is 0 Å². The van der Waals surface area contributed by atoms with Gasteiger partial charge >= 0.3 is 5.97 Å². The Hall–Kier alpha value is -0.870. The molecule has 0 aliphatic carbocycles. The van der Waals surface area contributed by atoms with E-state index in [0.29, 0.717) is 10.0 Å². The van der Waals surface area contributed by atoms with Gasteiger partial charge in [-0.25, -0.2) is 9.18 Å². The highest BCUT2D eigenvalue weighted by Gasteiger charge is 2.07. The predicted octanol–water partition coefficient (Wildman–Crippen LogP) is 3.34. The van der Waals surface area contributed by atoms with Gasteiger partial charge in [0.05, 0.1) is 5.02 Å². The van der Waals surface area contributed by atoms with Gasteiger partial charge in [0.25, 0.3) is 0 Å². The van der Waals surface area contributed by atoms with Gasteiger partial charge in [0.2, 0.25) is 0 Å². The van der Waals surface area contributed by atoms with Crippen LogP contribution in [0.5, 0.6) is 0 Å². The number of carbonyl (C=O) groups is 1. The van der Waals surface area contributed by atoms with E-state index in [4.69, 9.17) is 16.7 Å². The van der Waals surface area contributed by atoms with Crippen LogP contribution >= 0.6 is 27.5 Å². The third-order valence-corrected chi connectivity index (χ3v) is 2.55. The Kier molecular flexibility index (Phi) is 3.66. The first-order valence-electron chi connectivity index (χ1n) is 3.57. The van der Waals surface area contributed by atoms with E-state index in [0.717, 1.165) is 6.08 Å². The maximum atomic E-state index is 12.9. The number of carboxylic acids is 1. The fraction of sp³-hybridized carbons (Fsp3) is 0. The van der Waals surface area contributed by atoms with Gasteiger partial charge in [-0.05, 0) is 18.2 Å². The zero-order valence-electron chi connectivity index (χ0n) is 6.80. The fourth-order valence-corrected chi connectivity index (χ4v) is 1.65. The van der Waals surface area contributed by atoms with Gasteiger partial charge in [0.1, 0.15) is 5.82 Å². The van der Waals surface area contributed by atoms with E-state index >= 15 is 0 Å². The van der Waals surface area contributed by atoms with Crippen LogP contribution in [-0.2, 0) is 4.79 Å². The summed E-state index contributed by atoms with van der Waals surface area (Å²) in [6.45, 7) is 0. The molecule has 5 heteroatoms. The molecule has 0 saturated carbocycles. The Morgan fingerprint density at radius 1 is 1.57 bits per heavy atom. The Labute approximate surface area is 93.1 Å². The maximum Gasteiger partial charge on any atom is 0.328 e. The molecule has 1 aromatic rings. The zero-order valence-corrected chi connectivity index (χ0v) is 9.14. The predicted molar refractivity (Wildman–Crippen MR) is 55.8 cm³/mol. The van der Waals surface area contributed by atoms with Gasteiger partial charge in [0.15, 0.2) is 0 Å². The van der Waals surface area contributed by atoms with Gasteiger partial charge in [0, 0.05) is 16.1 Å². The Bertz CT molecular complexity index is 404. The Morgan fingerprint density at radius 3 is 2.79 bits per heavy atom. The van der Waals surface area contributed by atoms with Crippen LogP contribution in [-0.4, -0.2) is 11.1 Å². The molecule has 0 amide bonds. The van der Waals surface area contributed by atoms with Crippen molar-refractivity contribution in [3.8, 4) is 0 Å². The molecule has 14 heavy (non-hydrogen) atoms. The van der Waals surface area contributed by atoms with E-state index in [1.54, 1.807) is 0 Å². The lowest BCUT2D eigenvalue weighted by molar-refractivity contribution is -0.131. The summed E-state index contributed by atoms with van der Waals surface area (Å²) >= 11 is 8.77. The molecule has 1 aromatic carbocycles. The van der Waals surface area contributed by atoms with Gasteiger partial charge in [-0.1, -0.05) is 27.5 Å². The van der Waals surface area contributed by atoms with Gasteiger partial charge in [-0.2, -0.15) is 0 Å². The second kappa shape index (κ2) is 4.57. The zero-order chi connectivity index (χ0) is 10.7. The molecular weight excluding hydrogens is 274 g/mol. The largest absolute Gasteiger partial charge is 0.478 e. The molecule has 0 atom stereocenters. The first-order chi connectivity index (χ1) is 6.52. The second-order valence-corrected chi connectivity index (χ2v) is 3.66. The summed E-state index contributed by atoms with van der Waals surface area (Å²) in [7, 11) is 0. The van der Waals surface area contributed by atoms with Crippen molar-refractivity contribution in [1.82, 2.24) is 0 Å². The lowest BCUT2D eigenvalue weighted by Crippen LogP contribution is -1.88. The molecule has 0 saturated heterocycles. The van der Waals surface area contributed by atoms with Crippen molar-refractivity contribution < 1.29 is 14.3 Å². The third-order valence-electron chi connectivity index (χ3n) is 1.47. The van der Waals surface area contributed by atoms with Gasteiger partial charge < -0.3 is 5.11 Å². The number of aliphatic carboxylic acids is 1.